The molecule has 1 heterocycles. The van der Waals surface area contributed by atoms with E-state index in [0.29, 0.717) is 5.41 Å². The number of hydrogen-bond donors (Lipinski definition) is 1. The molecule has 0 amide bonds. The van der Waals surface area contributed by atoms with E-state index in [-0.39, 0.29) is 0 Å². The van der Waals surface area contributed by atoms with E-state index >= 15 is 0 Å². The molecule has 0 spiro atoms. The zero-order valence-corrected chi connectivity index (χ0v) is 12.0. The van der Waals surface area contributed by atoms with Gasteiger partial charge in [0, 0.05) is 26.2 Å². The molecule has 0 radical (unpaired) electrons. The summed E-state index contributed by atoms with van der Waals surface area (Å²) in [5.74, 6) is 0. The molecule has 1 aliphatic rings. The lowest BCUT2D eigenvalue weighted by Crippen LogP contribution is -2.46. The molecular formula is C14H31N3. The third-order valence-corrected chi connectivity index (χ3v) is 4.04. The van der Waals surface area contributed by atoms with Crippen molar-refractivity contribution in [3.63, 3.8) is 0 Å². The summed E-state index contributed by atoms with van der Waals surface area (Å²) in [6.07, 6.45) is 3.91. The van der Waals surface area contributed by atoms with Gasteiger partial charge in [0.1, 0.15) is 0 Å². The van der Waals surface area contributed by atoms with Crippen LogP contribution in [0.4, 0.5) is 0 Å². The average molecular weight is 241 g/mol. The number of piperazine rings is 1. The third-order valence-electron chi connectivity index (χ3n) is 4.04. The van der Waals surface area contributed by atoms with Crippen molar-refractivity contribution >= 4 is 0 Å². The van der Waals surface area contributed by atoms with Gasteiger partial charge >= 0.3 is 0 Å². The van der Waals surface area contributed by atoms with Crippen molar-refractivity contribution in [2.45, 2.75) is 40.0 Å². The largest absolute Gasteiger partial charge is 0.330 e. The molecule has 1 saturated heterocycles. The predicted octanol–water partition coefficient (Wildman–Crippen LogP) is 1.78. The van der Waals surface area contributed by atoms with Crippen molar-refractivity contribution in [2.24, 2.45) is 11.1 Å². The smallest absolute Gasteiger partial charge is 0.0110 e. The second kappa shape index (κ2) is 7.34. The molecule has 3 nitrogen and oxygen atoms in total. The van der Waals surface area contributed by atoms with Crippen molar-refractivity contribution in [1.82, 2.24) is 9.80 Å². The molecular weight excluding hydrogens is 210 g/mol. The van der Waals surface area contributed by atoms with Crippen LogP contribution in [-0.4, -0.2) is 55.6 Å². The lowest BCUT2D eigenvalue weighted by molar-refractivity contribution is 0.134. The maximum Gasteiger partial charge on any atom is 0.0110 e. The van der Waals surface area contributed by atoms with E-state index in [0.717, 1.165) is 6.54 Å². The van der Waals surface area contributed by atoms with E-state index in [4.69, 9.17) is 5.73 Å². The first-order valence-corrected chi connectivity index (χ1v) is 7.22. The number of hydrogen-bond acceptors (Lipinski definition) is 3. The molecule has 102 valence electrons. The summed E-state index contributed by atoms with van der Waals surface area (Å²) < 4.78 is 0. The first-order valence-electron chi connectivity index (χ1n) is 7.22. The van der Waals surface area contributed by atoms with Crippen molar-refractivity contribution in [3.8, 4) is 0 Å². The van der Waals surface area contributed by atoms with Gasteiger partial charge in [-0.2, -0.15) is 0 Å². The highest BCUT2D eigenvalue weighted by Gasteiger charge is 2.17. The van der Waals surface area contributed by atoms with Crippen molar-refractivity contribution in [3.05, 3.63) is 0 Å². The van der Waals surface area contributed by atoms with Crippen LogP contribution in [0, 0.1) is 5.41 Å². The molecule has 0 unspecified atom stereocenters. The quantitative estimate of drug-likeness (QED) is 0.690. The fourth-order valence-corrected chi connectivity index (χ4v) is 2.37. The van der Waals surface area contributed by atoms with Gasteiger partial charge in [-0.05, 0) is 37.9 Å². The van der Waals surface area contributed by atoms with Crippen molar-refractivity contribution in [2.75, 3.05) is 45.8 Å². The Morgan fingerprint density at radius 2 is 1.59 bits per heavy atom. The number of likely N-dealkylation sites (N-methyl/N-ethyl adjacent to an activating group) is 1. The zero-order chi connectivity index (χ0) is 12.7. The fraction of sp³-hybridized carbons (Fsp3) is 1.00. The van der Waals surface area contributed by atoms with Gasteiger partial charge in [-0.1, -0.05) is 27.2 Å². The second-order valence-corrected chi connectivity index (χ2v) is 6.10. The van der Waals surface area contributed by atoms with Crippen LogP contribution in [0.3, 0.4) is 0 Å². The maximum absolute atomic E-state index is 5.75. The summed E-state index contributed by atoms with van der Waals surface area (Å²) in [6, 6.07) is 0. The first-order chi connectivity index (χ1) is 8.07. The molecule has 0 saturated carbocycles. The highest BCUT2D eigenvalue weighted by molar-refractivity contribution is 4.72. The summed E-state index contributed by atoms with van der Waals surface area (Å²) in [6.45, 7) is 15.1. The molecule has 0 aromatic carbocycles. The first kappa shape index (κ1) is 14.9. The standard InChI is InChI=1S/C14H31N3/c1-4-16-9-11-17(12-10-16)8-6-5-7-14(2,3)13-15/h4-13,15H2,1-3H3. The maximum atomic E-state index is 5.75. The van der Waals surface area contributed by atoms with Gasteiger partial charge in [-0.15, -0.1) is 0 Å². The Morgan fingerprint density at radius 3 is 2.12 bits per heavy atom. The summed E-state index contributed by atoms with van der Waals surface area (Å²) >= 11 is 0. The van der Waals surface area contributed by atoms with E-state index in [9.17, 15) is 0 Å². The Morgan fingerprint density at radius 1 is 1.00 bits per heavy atom. The Labute approximate surface area is 107 Å². The van der Waals surface area contributed by atoms with Gasteiger partial charge < -0.3 is 15.5 Å². The van der Waals surface area contributed by atoms with E-state index in [2.05, 4.69) is 30.6 Å². The Kier molecular flexibility index (Phi) is 6.45. The molecule has 1 fully saturated rings. The molecule has 2 N–H and O–H groups in total. The summed E-state index contributed by atoms with van der Waals surface area (Å²) in [5.41, 5.74) is 6.08. The number of rotatable bonds is 7. The van der Waals surface area contributed by atoms with Gasteiger partial charge in [0.15, 0.2) is 0 Å². The van der Waals surface area contributed by atoms with E-state index in [1.165, 1.54) is 58.5 Å². The fourth-order valence-electron chi connectivity index (χ4n) is 2.37. The summed E-state index contributed by atoms with van der Waals surface area (Å²) in [7, 11) is 0. The molecule has 17 heavy (non-hydrogen) atoms. The molecule has 0 aromatic rings. The second-order valence-electron chi connectivity index (χ2n) is 6.10. The molecule has 3 heteroatoms. The topological polar surface area (TPSA) is 32.5 Å². The Hall–Kier alpha value is -0.120. The van der Waals surface area contributed by atoms with Crippen LogP contribution in [-0.2, 0) is 0 Å². The SMILES string of the molecule is CCN1CCN(CCCCC(C)(C)CN)CC1. The van der Waals surface area contributed by atoms with Gasteiger partial charge in [-0.25, -0.2) is 0 Å². The highest BCUT2D eigenvalue weighted by Crippen LogP contribution is 2.21. The van der Waals surface area contributed by atoms with Crippen LogP contribution in [0.15, 0.2) is 0 Å². The van der Waals surface area contributed by atoms with Gasteiger partial charge in [0.25, 0.3) is 0 Å². The molecule has 0 atom stereocenters. The molecule has 0 aromatic heterocycles. The van der Waals surface area contributed by atoms with Crippen molar-refractivity contribution in [1.29, 1.82) is 0 Å². The molecule has 0 bridgehead atoms. The van der Waals surface area contributed by atoms with Crippen LogP contribution in [0.2, 0.25) is 0 Å². The average Bonchev–Trinajstić information content (AvgIpc) is 2.35. The summed E-state index contributed by atoms with van der Waals surface area (Å²) in [4.78, 5) is 5.15. The van der Waals surface area contributed by atoms with Crippen LogP contribution in [0.5, 0.6) is 0 Å². The van der Waals surface area contributed by atoms with Crippen LogP contribution in [0.1, 0.15) is 40.0 Å². The molecule has 0 aliphatic carbocycles. The van der Waals surface area contributed by atoms with Gasteiger partial charge in [-0.3, -0.25) is 0 Å². The summed E-state index contributed by atoms with van der Waals surface area (Å²) in [5, 5.41) is 0. The van der Waals surface area contributed by atoms with E-state index in [1.807, 2.05) is 0 Å². The number of nitrogens with zero attached hydrogens (tertiary/aromatic N) is 2. The number of nitrogens with two attached hydrogens (primary N) is 1. The minimum atomic E-state index is 0.334. The van der Waals surface area contributed by atoms with Crippen LogP contribution >= 0.6 is 0 Å². The highest BCUT2D eigenvalue weighted by atomic mass is 15.3. The minimum Gasteiger partial charge on any atom is -0.330 e. The lowest BCUT2D eigenvalue weighted by Gasteiger charge is -2.34. The zero-order valence-electron chi connectivity index (χ0n) is 12.0. The van der Waals surface area contributed by atoms with E-state index < -0.39 is 0 Å². The van der Waals surface area contributed by atoms with Crippen LogP contribution in [0.25, 0.3) is 0 Å². The minimum absolute atomic E-state index is 0.334. The Balaban J connectivity index is 2.04. The van der Waals surface area contributed by atoms with E-state index in [1.54, 1.807) is 0 Å². The van der Waals surface area contributed by atoms with Crippen LogP contribution < -0.4 is 5.73 Å². The lowest BCUT2D eigenvalue weighted by atomic mass is 9.87. The van der Waals surface area contributed by atoms with Gasteiger partial charge in [0.05, 0.1) is 0 Å². The Bertz CT molecular complexity index is 196. The third kappa shape index (κ3) is 5.84. The molecule has 1 rings (SSSR count). The predicted molar refractivity (Wildman–Crippen MR) is 75.2 cm³/mol. The monoisotopic (exact) mass is 241 g/mol. The molecule has 1 aliphatic heterocycles. The normalized spacial score (nSPS) is 19.8. The van der Waals surface area contributed by atoms with Crippen molar-refractivity contribution < 1.29 is 0 Å². The van der Waals surface area contributed by atoms with Gasteiger partial charge in [0.2, 0.25) is 0 Å². The number of unbranched alkanes of at least 4 members (excludes halogenated alkanes) is 1.